The zero-order valence-electron chi connectivity index (χ0n) is 11.0. The first-order chi connectivity index (χ1) is 10.0. The van der Waals surface area contributed by atoms with Gasteiger partial charge in [0.2, 0.25) is 0 Å². The van der Waals surface area contributed by atoms with Crippen LogP contribution in [-0.2, 0) is 13.0 Å². The van der Waals surface area contributed by atoms with Crippen LogP contribution in [0.4, 0.5) is 11.6 Å². The Kier molecular flexibility index (Phi) is 3.09. The monoisotopic (exact) mass is 288 g/mol. The fourth-order valence-corrected chi connectivity index (χ4v) is 2.51. The number of nitro groups is 1. The van der Waals surface area contributed by atoms with E-state index in [-0.39, 0.29) is 11.4 Å². The predicted octanol–water partition coefficient (Wildman–Crippen LogP) is 2.45. The number of furan rings is 1. The third kappa shape index (κ3) is 2.45. The van der Waals surface area contributed by atoms with E-state index in [1.807, 2.05) is 4.90 Å². The maximum absolute atomic E-state index is 10.9. The summed E-state index contributed by atoms with van der Waals surface area (Å²) in [6.07, 6.45) is 0.749. The second kappa shape index (κ2) is 4.93. The van der Waals surface area contributed by atoms with E-state index in [2.05, 4.69) is 0 Å². The molecule has 0 aliphatic carbocycles. The van der Waals surface area contributed by atoms with Gasteiger partial charge in [-0.25, -0.2) is 4.79 Å². The van der Waals surface area contributed by atoms with Crippen molar-refractivity contribution in [3.8, 4) is 0 Å². The van der Waals surface area contributed by atoms with Crippen molar-refractivity contribution in [2.75, 3.05) is 11.4 Å². The van der Waals surface area contributed by atoms with Crippen LogP contribution in [0.25, 0.3) is 0 Å². The molecule has 1 aliphatic heterocycles. The van der Waals surface area contributed by atoms with Crippen molar-refractivity contribution in [1.82, 2.24) is 0 Å². The maximum atomic E-state index is 10.9. The quantitative estimate of drug-likeness (QED) is 0.685. The van der Waals surface area contributed by atoms with E-state index < -0.39 is 10.9 Å². The number of carboxylic acids is 1. The molecule has 1 aromatic heterocycles. The maximum Gasteiger partial charge on any atom is 0.433 e. The van der Waals surface area contributed by atoms with Gasteiger partial charge in [0.1, 0.15) is 10.7 Å². The molecule has 1 aliphatic rings. The Morgan fingerprint density at radius 2 is 2.19 bits per heavy atom. The van der Waals surface area contributed by atoms with Crippen molar-refractivity contribution >= 4 is 17.5 Å². The molecule has 108 valence electrons. The van der Waals surface area contributed by atoms with Crippen molar-refractivity contribution in [2.45, 2.75) is 13.0 Å². The molecule has 0 fully saturated rings. The lowest BCUT2D eigenvalue weighted by Gasteiger charge is -2.17. The van der Waals surface area contributed by atoms with Crippen molar-refractivity contribution in [3.05, 3.63) is 57.3 Å². The van der Waals surface area contributed by atoms with Gasteiger partial charge in [-0.15, -0.1) is 0 Å². The summed E-state index contributed by atoms with van der Waals surface area (Å²) < 4.78 is 5.15. The summed E-state index contributed by atoms with van der Waals surface area (Å²) in [5.41, 5.74) is 2.18. The molecule has 7 nitrogen and oxygen atoms in total. The molecule has 2 heterocycles. The van der Waals surface area contributed by atoms with Gasteiger partial charge in [0, 0.05) is 12.2 Å². The Labute approximate surface area is 119 Å². The summed E-state index contributed by atoms with van der Waals surface area (Å²) in [4.78, 5) is 23.0. The first kappa shape index (κ1) is 13.2. The van der Waals surface area contributed by atoms with E-state index >= 15 is 0 Å². The predicted molar refractivity (Wildman–Crippen MR) is 73.5 cm³/mol. The summed E-state index contributed by atoms with van der Waals surface area (Å²) in [5.74, 6) is -0.708. The van der Waals surface area contributed by atoms with Crippen LogP contribution < -0.4 is 4.90 Å². The average molecular weight is 288 g/mol. The molecular weight excluding hydrogens is 276 g/mol. The number of hydrogen-bond donors (Lipinski definition) is 1. The summed E-state index contributed by atoms with van der Waals surface area (Å²) in [6.45, 7) is 1.15. The topological polar surface area (TPSA) is 96.8 Å². The molecule has 0 unspecified atom stereocenters. The van der Waals surface area contributed by atoms with Crippen LogP contribution in [0.3, 0.4) is 0 Å². The van der Waals surface area contributed by atoms with Gasteiger partial charge in [-0.3, -0.25) is 10.1 Å². The molecule has 2 aromatic rings. The number of aromatic carboxylic acids is 1. The zero-order valence-corrected chi connectivity index (χ0v) is 11.0. The van der Waals surface area contributed by atoms with Crippen molar-refractivity contribution in [1.29, 1.82) is 0 Å². The first-order valence-corrected chi connectivity index (χ1v) is 6.39. The molecule has 0 bridgehead atoms. The largest absolute Gasteiger partial charge is 0.478 e. The van der Waals surface area contributed by atoms with Crippen LogP contribution >= 0.6 is 0 Å². The van der Waals surface area contributed by atoms with Crippen LogP contribution in [-0.4, -0.2) is 22.5 Å². The minimum atomic E-state index is -0.946. The van der Waals surface area contributed by atoms with Gasteiger partial charge in [-0.05, 0) is 36.2 Å². The zero-order chi connectivity index (χ0) is 15.0. The molecule has 7 heteroatoms. The first-order valence-electron chi connectivity index (χ1n) is 6.39. The molecule has 3 rings (SSSR count). The van der Waals surface area contributed by atoms with E-state index in [9.17, 15) is 14.9 Å². The van der Waals surface area contributed by atoms with Gasteiger partial charge >= 0.3 is 11.9 Å². The van der Waals surface area contributed by atoms with Crippen LogP contribution in [0.2, 0.25) is 0 Å². The van der Waals surface area contributed by atoms with Crippen molar-refractivity contribution in [3.63, 3.8) is 0 Å². The van der Waals surface area contributed by atoms with E-state index in [1.54, 1.807) is 24.3 Å². The van der Waals surface area contributed by atoms with E-state index in [0.29, 0.717) is 12.3 Å². The Balaban J connectivity index is 1.80. The Morgan fingerprint density at radius 1 is 1.38 bits per heavy atom. The molecule has 0 saturated heterocycles. The number of nitrogens with zero attached hydrogens (tertiary/aromatic N) is 2. The molecule has 0 saturated carbocycles. The molecular formula is C14H12N2O5. The molecule has 0 spiro atoms. The minimum Gasteiger partial charge on any atom is -0.478 e. The fraction of sp³-hybridized carbons (Fsp3) is 0.214. The Morgan fingerprint density at radius 3 is 2.86 bits per heavy atom. The lowest BCUT2D eigenvalue weighted by atomic mass is 10.1. The van der Waals surface area contributed by atoms with Gasteiger partial charge in [-0.1, -0.05) is 0 Å². The van der Waals surface area contributed by atoms with Crippen molar-refractivity contribution < 1.29 is 19.2 Å². The van der Waals surface area contributed by atoms with Gasteiger partial charge in [0.15, 0.2) is 0 Å². The smallest absolute Gasteiger partial charge is 0.433 e. The molecule has 0 amide bonds. The lowest BCUT2D eigenvalue weighted by molar-refractivity contribution is -0.402. The average Bonchev–Trinajstić information content (AvgIpc) is 3.06. The molecule has 1 aromatic carbocycles. The second-order valence-corrected chi connectivity index (χ2v) is 4.82. The minimum absolute atomic E-state index is 0.268. The number of anilines is 1. The van der Waals surface area contributed by atoms with Crippen LogP contribution in [0, 0.1) is 10.1 Å². The summed E-state index contributed by atoms with van der Waals surface area (Å²) in [7, 11) is 0. The summed E-state index contributed by atoms with van der Waals surface area (Å²) in [6, 6.07) is 7.91. The number of rotatable bonds is 4. The van der Waals surface area contributed by atoms with Gasteiger partial charge in [0.25, 0.3) is 0 Å². The van der Waals surface area contributed by atoms with Gasteiger partial charge in [-0.2, -0.15) is 0 Å². The Bertz CT molecular complexity index is 722. The Hall–Kier alpha value is -2.83. The van der Waals surface area contributed by atoms with Gasteiger partial charge in [0.05, 0.1) is 18.2 Å². The molecule has 0 radical (unpaired) electrons. The van der Waals surface area contributed by atoms with E-state index in [4.69, 9.17) is 9.52 Å². The number of fused-ring (bicyclic) bond motifs is 1. The molecule has 21 heavy (non-hydrogen) atoms. The number of hydrogen-bond acceptors (Lipinski definition) is 5. The SMILES string of the molecule is O=C(O)c1ccc2c(c1)CCN2Cc1ccc([N+](=O)[O-])o1. The highest BCUT2D eigenvalue weighted by Gasteiger charge is 2.22. The fourth-order valence-electron chi connectivity index (χ4n) is 2.51. The number of benzene rings is 1. The standard InChI is InChI=1S/C14H12N2O5/c17-14(18)10-1-3-12-9(7-10)5-6-15(12)8-11-2-4-13(21-11)16(19)20/h1-4,7H,5-6,8H2,(H,17,18). The van der Waals surface area contributed by atoms with Crippen LogP contribution in [0.1, 0.15) is 21.7 Å². The van der Waals surface area contributed by atoms with Crippen molar-refractivity contribution in [2.24, 2.45) is 0 Å². The third-order valence-corrected chi connectivity index (χ3v) is 3.49. The number of carboxylic acid groups (broad SMARTS) is 1. The van der Waals surface area contributed by atoms with Crippen LogP contribution in [0.5, 0.6) is 0 Å². The highest BCUT2D eigenvalue weighted by molar-refractivity contribution is 5.88. The summed E-state index contributed by atoms with van der Waals surface area (Å²) in [5, 5.41) is 19.6. The third-order valence-electron chi connectivity index (χ3n) is 3.49. The highest BCUT2D eigenvalue weighted by Crippen LogP contribution is 2.31. The van der Waals surface area contributed by atoms with Crippen LogP contribution in [0.15, 0.2) is 34.7 Å². The normalized spacial score (nSPS) is 13.2. The van der Waals surface area contributed by atoms with Gasteiger partial charge < -0.3 is 14.4 Å². The molecule has 0 atom stereocenters. The lowest BCUT2D eigenvalue weighted by Crippen LogP contribution is -2.19. The van der Waals surface area contributed by atoms with E-state index in [1.165, 1.54) is 6.07 Å². The number of carbonyl (C=O) groups is 1. The highest BCUT2D eigenvalue weighted by atomic mass is 16.6. The second-order valence-electron chi connectivity index (χ2n) is 4.82. The molecule has 1 N–H and O–H groups in total. The summed E-state index contributed by atoms with van der Waals surface area (Å²) >= 11 is 0. The van der Waals surface area contributed by atoms with E-state index in [0.717, 1.165) is 24.2 Å².